The number of likely N-dealkylation sites (tertiary alicyclic amines) is 1. The summed E-state index contributed by atoms with van der Waals surface area (Å²) in [7, 11) is 1.63. The van der Waals surface area contributed by atoms with Gasteiger partial charge in [-0.3, -0.25) is 4.79 Å². The SMILES string of the molecule is COCCC1(O)CCN(C(=O)c2ccc(SCCO)cc2)CC1C. The molecule has 0 aromatic heterocycles. The number of thioether (sulfide) groups is 1. The van der Waals surface area contributed by atoms with Crippen LogP contribution in [0.4, 0.5) is 0 Å². The molecule has 1 saturated heterocycles. The number of methoxy groups -OCH3 is 1. The van der Waals surface area contributed by atoms with E-state index in [2.05, 4.69) is 0 Å². The van der Waals surface area contributed by atoms with E-state index in [1.807, 2.05) is 36.1 Å². The number of benzene rings is 1. The predicted octanol–water partition coefficient (Wildman–Crippen LogP) is 2.02. The monoisotopic (exact) mass is 353 g/mol. The second-order valence-electron chi connectivity index (χ2n) is 6.35. The number of carbonyl (C=O) groups excluding carboxylic acids is 1. The number of aliphatic hydroxyl groups is 2. The zero-order valence-corrected chi connectivity index (χ0v) is 15.2. The number of nitrogens with zero attached hydrogens (tertiary/aromatic N) is 1. The van der Waals surface area contributed by atoms with Crippen molar-refractivity contribution in [3.63, 3.8) is 0 Å². The Hall–Kier alpha value is -1.08. The molecular formula is C18H27NO4S. The van der Waals surface area contributed by atoms with Crippen LogP contribution in [-0.4, -0.2) is 65.8 Å². The first kappa shape index (κ1) is 19.2. The first-order chi connectivity index (χ1) is 11.5. The average molecular weight is 353 g/mol. The van der Waals surface area contributed by atoms with Crippen molar-refractivity contribution >= 4 is 17.7 Å². The van der Waals surface area contributed by atoms with Gasteiger partial charge in [0.05, 0.1) is 12.2 Å². The number of ether oxygens (including phenoxy) is 1. The van der Waals surface area contributed by atoms with Gasteiger partial charge in [-0.1, -0.05) is 6.92 Å². The van der Waals surface area contributed by atoms with Crippen molar-refractivity contribution in [3.05, 3.63) is 29.8 Å². The fourth-order valence-electron chi connectivity index (χ4n) is 3.04. The largest absolute Gasteiger partial charge is 0.396 e. The maximum Gasteiger partial charge on any atom is 0.253 e. The molecule has 0 aliphatic carbocycles. The van der Waals surface area contributed by atoms with Crippen LogP contribution < -0.4 is 0 Å². The van der Waals surface area contributed by atoms with Crippen LogP contribution in [0.25, 0.3) is 0 Å². The molecule has 1 aliphatic heterocycles. The van der Waals surface area contributed by atoms with Gasteiger partial charge in [-0.05, 0) is 37.1 Å². The summed E-state index contributed by atoms with van der Waals surface area (Å²) in [6, 6.07) is 7.49. The predicted molar refractivity (Wildman–Crippen MR) is 95.4 cm³/mol. The summed E-state index contributed by atoms with van der Waals surface area (Å²) >= 11 is 1.56. The molecule has 2 rings (SSSR count). The normalized spacial score (nSPS) is 24.2. The maximum absolute atomic E-state index is 12.7. The molecule has 1 aromatic rings. The molecule has 134 valence electrons. The lowest BCUT2D eigenvalue weighted by Gasteiger charge is -2.43. The van der Waals surface area contributed by atoms with Crippen LogP contribution in [-0.2, 0) is 4.74 Å². The smallest absolute Gasteiger partial charge is 0.253 e. The molecule has 1 fully saturated rings. The molecule has 0 spiro atoms. The van der Waals surface area contributed by atoms with Crippen molar-refractivity contribution in [1.29, 1.82) is 0 Å². The number of rotatable bonds is 7. The van der Waals surface area contributed by atoms with Gasteiger partial charge in [0.25, 0.3) is 5.91 Å². The van der Waals surface area contributed by atoms with Gasteiger partial charge in [-0.2, -0.15) is 0 Å². The third-order valence-corrected chi connectivity index (χ3v) is 5.71. The molecule has 2 N–H and O–H groups in total. The summed E-state index contributed by atoms with van der Waals surface area (Å²) in [5.41, 5.74) is -0.0877. The molecule has 1 aliphatic rings. The highest BCUT2D eigenvalue weighted by molar-refractivity contribution is 7.99. The number of aliphatic hydroxyl groups excluding tert-OH is 1. The third-order valence-electron chi connectivity index (χ3n) is 4.71. The second kappa shape index (κ2) is 8.85. The lowest BCUT2D eigenvalue weighted by molar-refractivity contribution is -0.0750. The Morgan fingerprint density at radius 3 is 2.71 bits per heavy atom. The molecule has 5 nitrogen and oxygen atoms in total. The van der Waals surface area contributed by atoms with E-state index < -0.39 is 5.60 Å². The standard InChI is InChI=1S/C18H27NO4S/c1-14-13-19(9-7-18(14,22)8-11-23-2)17(21)15-3-5-16(6-4-15)24-12-10-20/h3-6,14,20,22H,7-13H2,1-2H3. The van der Waals surface area contributed by atoms with Crippen LogP contribution in [0.5, 0.6) is 0 Å². The fraction of sp³-hybridized carbons (Fsp3) is 0.611. The van der Waals surface area contributed by atoms with E-state index in [0.29, 0.717) is 43.9 Å². The van der Waals surface area contributed by atoms with E-state index in [1.165, 1.54) is 0 Å². The fourth-order valence-corrected chi connectivity index (χ4v) is 3.70. The Labute approximate surface area is 148 Å². The molecule has 2 atom stereocenters. The Balaban J connectivity index is 1.96. The Morgan fingerprint density at radius 1 is 1.42 bits per heavy atom. The third kappa shape index (κ3) is 4.72. The van der Waals surface area contributed by atoms with E-state index in [4.69, 9.17) is 9.84 Å². The van der Waals surface area contributed by atoms with Gasteiger partial charge in [0.15, 0.2) is 0 Å². The van der Waals surface area contributed by atoms with Crippen LogP contribution in [0.15, 0.2) is 29.2 Å². The molecule has 1 aromatic carbocycles. The molecule has 1 amide bonds. The highest BCUT2D eigenvalue weighted by Crippen LogP contribution is 2.31. The van der Waals surface area contributed by atoms with Gasteiger partial charge in [0.2, 0.25) is 0 Å². The number of carbonyl (C=O) groups is 1. The van der Waals surface area contributed by atoms with Gasteiger partial charge in [-0.25, -0.2) is 0 Å². The van der Waals surface area contributed by atoms with E-state index >= 15 is 0 Å². The molecular weight excluding hydrogens is 326 g/mol. The summed E-state index contributed by atoms with van der Waals surface area (Å²) in [5, 5.41) is 19.6. The topological polar surface area (TPSA) is 70.0 Å². The quantitative estimate of drug-likeness (QED) is 0.734. The number of amides is 1. The summed E-state index contributed by atoms with van der Waals surface area (Å²) in [5.74, 6) is 0.677. The van der Waals surface area contributed by atoms with Crippen molar-refractivity contribution in [2.24, 2.45) is 5.92 Å². The van der Waals surface area contributed by atoms with Gasteiger partial charge in [-0.15, -0.1) is 11.8 Å². The lowest BCUT2D eigenvalue weighted by Crippen LogP contribution is -2.52. The minimum atomic E-state index is -0.752. The number of piperidine rings is 1. The number of hydrogen-bond donors (Lipinski definition) is 2. The van der Waals surface area contributed by atoms with Gasteiger partial charge in [0.1, 0.15) is 0 Å². The summed E-state index contributed by atoms with van der Waals surface area (Å²) < 4.78 is 5.08. The van der Waals surface area contributed by atoms with Crippen LogP contribution >= 0.6 is 11.8 Å². The Bertz CT molecular complexity index is 536. The Kier molecular flexibility index (Phi) is 7.10. The van der Waals surface area contributed by atoms with Crippen molar-refractivity contribution in [3.8, 4) is 0 Å². The Morgan fingerprint density at radius 2 is 2.12 bits per heavy atom. The summed E-state index contributed by atoms with van der Waals surface area (Å²) in [4.78, 5) is 15.5. The molecule has 24 heavy (non-hydrogen) atoms. The van der Waals surface area contributed by atoms with Gasteiger partial charge in [0, 0.05) is 48.9 Å². The van der Waals surface area contributed by atoms with Crippen LogP contribution in [0.3, 0.4) is 0 Å². The molecule has 6 heteroatoms. The molecule has 0 radical (unpaired) electrons. The molecule has 2 unspecified atom stereocenters. The first-order valence-electron chi connectivity index (χ1n) is 8.34. The zero-order valence-electron chi connectivity index (χ0n) is 14.4. The minimum absolute atomic E-state index is 0.00866. The van der Waals surface area contributed by atoms with Crippen molar-refractivity contribution in [2.45, 2.75) is 30.3 Å². The minimum Gasteiger partial charge on any atom is -0.396 e. The lowest BCUT2D eigenvalue weighted by atomic mass is 9.79. The van der Waals surface area contributed by atoms with Crippen LogP contribution in [0.2, 0.25) is 0 Å². The van der Waals surface area contributed by atoms with Crippen molar-refractivity contribution < 1.29 is 19.7 Å². The van der Waals surface area contributed by atoms with Crippen molar-refractivity contribution in [2.75, 3.05) is 39.2 Å². The van der Waals surface area contributed by atoms with E-state index in [9.17, 15) is 9.90 Å². The van der Waals surface area contributed by atoms with E-state index in [-0.39, 0.29) is 18.4 Å². The van der Waals surface area contributed by atoms with E-state index in [1.54, 1.807) is 18.9 Å². The highest BCUT2D eigenvalue weighted by atomic mass is 32.2. The van der Waals surface area contributed by atoms with Gasteiger partial charge < -0.3 is 19.8 Å². The van der Waals surface area contributed by atoms with Crippen LogP contribution in [0.1, 0.15) is 30.1 Å². The van der Waals surface area contributed by atoms with Gasteiger partial charge >= 0.3 is 0 Å². The average Bonchev–Trinajstić information content (AvgIpc) is 2.60. The highest BCUT2D eigenvalue weighted by Gasteiger charge is 2.39. The summed E-state index contributed by atoms with van der Waals surface area (Å²) in [6.07, 6.45) is 1.18. The van der Waals surface area contributed by atoms with Crippen molar-refractivity contribution in [1.82, 2.24) is 4.90 Å². The van der Waals surface area contributed by atoms with Crippen LogP contribution in [0, 0.1) is 5.92 Å². The molecule has 0 saturated carbocycles. The first-order valence-corrected chi connectivity index (χ1v) is 9.33. The molecule has 0 bridgehead atoms. The van der Waals surface area contributed by atoms with E-state index in [0.717, 1.165) is 4.90 Å². The molecule has 1 heterocycles. The summed E-state index contributed by atoms with van der Waals surface area (Å²) in [6.45, 7) is 3.78. The second-order valence-corrected chi connectivity index (χ2v) is 7.51. The number of hydrogen-bond acceptors (Lipinski definition) is 5. The maximum atomic E-state index is 12.7. The zero-order chi connectivity index (χ0) is 17.6.